The predicted molar refractivity (Wildman–Crippen MR) is 48.6 cm³/mol. The lowest BCUT2D eigenvalue weighted by atomic mass is 9.84. The van der Waals surface area contributed by atoms with Gasteiger partial charge in [0.25, 0.3) is 0 Å². The highest BCUT2D eigenvalue weighted by atomic mass is 16.1. The molecule has 1 aliphatic carbocycles. The summed E-state index contributed by atoms with van der Waals surface area (Å²) in [5.74, 6) is 0.269. The molecule has 0 unspecified atom stereocenters. The second kappa shape index (κ2) is 4.45. The average molecular weight is 170 g/mol. The second-order valence-corrected chi connectivity index (χ2v) is 3.57. The van der Waals surface area contributed by atoms with Crippen LogP contribution in [0.15, 0.2) is 0 Å². The van der Waals surface area contributed by atoms with Crippen LogP contribution in [0, 0.1) is 5.92 Å². The molecule has 1 fully saturated rings. The minimum absolute atomic E-state index is 0.106. The smallest absolute Gasteiger partial charge is 0.234 e. The standard InChI is InChI=1S/C9H18N2O/c1-11-8(9(10)12)7-5-3-2-4-6-7/h7-8,11H,2-6H2,1H3,(H2,10,12)/t8-/m1/s1. The Labute approximate surface area is 73.7 Å². The van der Waals surface area contributed by atoms with Crippen molar-refractivity contribution in [2.75, 3.05) is 7.05 Å². The van der Waals surface area contributed by atoms with Gasteiger partial charge in [0, 0.05) is 0 Å². The molecule has 0 spiro atoms. The largest absolute Gasteiger partial charge is 0.368 e. The molecular formula is C9H18N2O. The molecule has 0 heterocycles. The molecule has 0 bridgehead atoms. The highest BCUT2D eigenvalue weighted by Crippen LogP contribution is 2.26. The van der Waals surface area contributed by atoms with Gasteiger partial charge in [0.05, 0.1) is 6.04 Å². The Morgan fingerprint density at radius 1 is 1.42 bits per heavy atom. The van der Waals surface area contributed by atoms with E-state index in [1.165, 1.54) is 19.3 Å². The van der Waals surface area contributed by atoms with Crippen molar-refractivity contribution in [3.8, 4) is 0 Å². The van der Waals surface area contributed by atoms with Crippen LogP contribution in [-0.2, 0) is 4.79 Å². The van der Waals surface area contributed by atoms with Crippen LogP contribution >= 0.6 is 0 Å². The van der Waals surface area contributed by atoms with Crippen molar-refractivity contribution in [2.24, 2.45) is 11.7 Å². The fraction of sp³-hybridized carbons (Fsp3) is 0.889. The zero-order chi connectivity index (χ0) is 8.97. The van der Waals surface area contributed by atoms with Gasteiger partial charge in [-0.3, -0.25) is 4.79 Å². The highest BCUT2D eigenvalue weighted by Gasteiger charge is 2.25. The summed E-state index contributed by atoms with van der Waals surface area (Å²) < 4.78 is 0. The molecule has 1 saturated carbocycles. The second-order valence-electron chi connectivity index (χ2n) is 3.57. The van der Waals surface area contributed by atoms with Gasteiger partial charge in [-0.2, -0.15) is 0 Å². The summed E-state index contributed by atoms with van der Waals surface area (Å²) in [6, 6.07) is -0.106. The molecule has 1 aliphatic rings. The van der Waals surface area contributed by atoms with Crippen LogP contribution in [0.25, 0.3) is 0 Å². The van der Waals surface area contributed by atoms with Gasteiger partial charge >= 0.3 is 0 Å². The lowest BCUT2D eigenvalue weighted by Gasteiger charge is -2.27. The first-order valence-corrected chi connectivity index (χ1v) is 4.72. The lowest BCUT2D eigenvalue weighted by molar-refractivity contribution is -0.121. The number of rotatable bonds is 3. The molecule has 1 amide bonds. The van der Waals surface area contributed by atoms with E-state index >= 15 is 0 Å². The van der Waals surface area contributed by atoms with E-state index < -0.39 is 0 Å². The number of carbonyl (C=O) groups is 1. The van der Waals surface area contributed by atoms with Crippen molar-refractivity contribution in [1.29, 1.82) is 0 Å². The first kappa shape index (κ1) is 9.52. The number of hydrogen-bond donors (Lipinski definition) is 2. The number of amides is 1. The Balaban J connectivity index is 2.46. The van der Waals surface area contributed by atoms with E-state index in [9.17, 15) is 4.79 Å². The number of nitrogens with one attached hydrogen (secondary N) is 1. The third-order valence-electron chi connectivity index (χ3n) is 2.74. The number of carbonyl (C=O) groups excluding carboxylic acids is 1. The third kappa shape index (κ3) is 2.21. The summed E-state index contributed by atoms with van der Waals surface area (Å²) in [5, 5.41) is 3.00. The van der Waals surface area contributed by atoms with Gasteiger partial charge in [0.15, 0.2) is 0 Å². The van der Waals surface area contributed by atoms with Crippen molar-refractivity contribution in [1.82, 2.24) is 5.32 Å². The van der Waals surface area contributed by atoms with E-state index in [1.54, 1.807) is 0 Å². The van der Waals surface area contributed by atoms with Crippen LogP contribution in [-0.4, -0.2) is 19.0 Å². The summed E-state index contributed by atoms with van der Waals surface area (Å²) in [6.45, 7) is 0. The van der Waals surface area contributed by atoms with E-state index in [0.717, 1.165) is 12.8 Å². The van der Waals surface area contributed by atoms with Crippen LogP contribution in [0.3, 0.4) is 0 Å². The maximum atomic E-state index is 11.0. The Kier molecular flexibility index (Phi) is 3.53. The van der Waals surface area contributed by atoms with Crippen molar-refractivity contribution >= 4 is 5.91 Å². The predicted octanol–water partition coefficient (Wildman–Crippen LogP) is 0.640. The van der Waals surface area contributed by atoms with Crippen molar-refractivity contribution < 1.29 is 4.79 Å². The lowest BCUT2D eigenvalue weighted by Crippen LogP contribution is -2.45. The minimum Gasteiger partial charge on any atom is -0.368 e. The Morgan fingerprint density at radius 3 is 2.42 bits per heavy atom. The molecule has 0 radical (unpaired) electrons. The average Bonchev–Trinajstić information content (AvgIpc) is 2.07. The molecule has 0 aromatic carbocycles. The van der Waals surface area contributed by atoms with Gasteiger partial charge in [-0.25, -0.2) is 0 Å². The minimum atomic E-state index is -0.204. The molecule has 3 N–H and O–H groups in total. The van der Waals surface area contributed by atoms with Crippen LogP contribution < -0.4 is 11.1 Å². The Hall–Kier alpha value is -0.570. The van der Waals surface area contributed by atoms with Crippen LogP contribution in [0.5, 0.6) is 0 Å². The molecule has 1 rings (SSSR count). The molecule has 0 aromatic rings. The maximum Gasteiger partial charge on any atom is 0.234 e. The SMILES string of the molecule is CN[C@@H](C(N)=O)C1CCCCC1. The molecule has 0 aromatic heterocycles. The molecule has 3 heteroatoms. The number of likely N-dealkylation sites (N-methyl/N-ethyl adjacent to an activating group) is 1. The van der Waals surface area contributed by atoms with E-state index in [-0.39, 0.29) is 11.9 Å². The molecule has 3 nitrogen and oxygen atoms in total. The number of nitrogens with two attached hydrogens (primary N) is 1. The van der Waals surface area contributed by atoms with Gasteiger partial charge in [-0.15, -0.1) is 0 Å². The molecule has 0 saturated heterocycles. The zero-order valence-corrected chi connectivity index (χ0v) is 7.68. The summed E-state index contributed by atoms with van der Waals surface area (Å²) in [6.07, 6.45) is 6.10. The topological polar surface area (TPSA) is 55.1 Å². The molecule has 1 atom stereocenters. The molecule has 0 aliphatic heterocycles. The molecule has 12 heavy (non-hydrogen) atoms. The summed E-state index contributed by atoms with van der Waals surface area (Å²) in [5.41, 5.74) is 5.28. The van der Waals surface area contributed by atoms with E-state index in [0.29, 0.717) is 5.92 Å². The summed E-state index contributed by atoms with van der Waals surface area (Å²) >= 11 is 0. The Bertz CT molecular complexity index is 153. The maximum absolute atomic E-state index is 11.0. The fourth-order valence-corrected chi connectivity index (χ4v) is 2.08. The van der Waals surface area contributed by atoms with Crippen molar-refractivity contribution in [3.05, 3.63) is 0 Å². The van der Waals surface area contributed by atoms with Crippen LogP contribution in [0.4, 0.5) is 0 Å². The fourth-order valence-electron chi connectivity index (χ4n) is 2.08. The molecular weight excluding hydrogens is 152 g/mol. The van der Waals surface area contributed by atoms with Gasteiger partial charge < -0.3 is 11.1 Å². The highest BCUT2D eigenvalue weighted by molar-refractivity contribution is 5.80. The van der Waals surface area contributed by atoms with E-state index in [4.69, 9.17) is 5.73 Å². The quantitative estimate of drug-likeness (QED) is 0.653. The Morgan fingerprint density at radius 2 is 2.00 bits per heavy atom. The summed E-state index contributed by atoms with van der Waals surface area (Å²) in [4.78, 5) is 11.0. The van der Waals surface area contributed by atoms with Crippen molar-refractivity contribution in [3.63, 3.8) is 0 Å². The zero-order valence-electron chi connectivity index (χ0n) is 7.68. The van der Waals surface area contributed by atoms with Gasteiger partial charge in [-0.1, -0.05) is 19.3 Å². The van der Waals surface area contributed by atoms with Crippen LogP contribution in [0.1, 0.15) is 32.1 Å². The van der Waals surface area contributed by atoms with E-state index in [2.05, 4.69) is 5.32 Å². The van der Waals surface area contributed by atoms with Gasteiger partial charge in [0.2, 0.25) is 5.91 Å². The normalized spacial score (nSPS) is 22.1. The van der Waals surface area contributed by atoms with Gasteiger partial charge in [0.1, 0.15) is 0 Å². The monoisotopic (exact) mass is 170 g/mol. The van der Waals surface area contributed by atoms with E-state index in [1.807, 2.05) is 7.05 Å². The number of primary amides is 1. The number of hydrogen-bond acceptors (Lipinski definition) is 2. The summed E-state index contributed by atoms with van der Waals surface area (Å²) in [7, 11) is 1.81. The van der Waals surface area contributed by atoms with Crippen LogP contribution in [0.2, 0.25) is 0 Å². The first-order chi connectivity index (χ1) is 5.75. The molecule has 70 valence electrons. The van der Waals surface area contributed by atoms with Gasteiger partial charge in [-0.05, 0) is 25.8 Å². The van der Waals surface area contributed by atoms with Crippen molar-refractivity contribution in [2.45, 2.75) is 38.1 Å². The first-order valence-electron chi connectivity index (χ1n) is 4.72. The third-order valence-corrected chi connectivity index (χ3v) is 2.74.